The van der Waals surface area contributed by atoms with Gasteiger partial charge in [0, 0.05) is 36.1 Å². The summed E-state index contributed by atoms with van der Waals surface area (Å²) in [5.74, 6) is 0.549. The summed E-state index contributed by atoms with van der Waals surface area (Å²) >= 11 is 0. The second-order valence-electron chi connectivity index (χ2n) is 7.19. The van der Waals surface area contributed by atoms with E-state index in [1.165, 1.54) is 25.7 Å². The van der Waals surface area contributed by atoms with Gasteiger partial charge in [-0.2, -0.15) is 0 Å². The summed E-state index contributed by atoms with van der Waals surface area (Å²) in [7, 11) is 2.24. The molecule has 0 radical (unpaired) electrons. The zero-order valence-electron chi connectivity index (χ0n) is 13.4. The highest BCUT2D eigenvalue weighted by molar-refractivity contribution is 5.20. The van der Waals surface area contributed by atoms with Gasteiger partial charge in [0.1, 0.15) is 0 Å². The molecule has 3 unspecified atom stereocenters. The molecule has 19 heavy (non-hydrogen) atoms. The largest absolute Gasteiger partial charge is 0.377 e. The number of nitrogens with zero attached hydrogens (tertiary/aromatic N) is 1. The molecule has 0 amide bonds. The van der Waals surface area contributed by atoms with Crippen molar-refractivity contribution >= 4 is 0 Å². The summed E-state index contributed by atoms with van der Waals surface area (Å²) < 4.78 is 5.98. The molecule has 2 N–H and O–H groups in total. The van der Waals surface area contributed by atoms with Crippen molar-refractivity contribution in [3.8, 4) is 0 Å². The first-order valence-electron chi connectivity index (χ1n) is 7.99. The van der Waals surface area contributed by atoms with Crippen LogP contribution >= 0.6 is 0 Å². The van der Waals surface area contributed by atoms with Crippen LogP contribution in [0.25, 0.3) is 0 Å². The molecule has 1 aliphatic heterocycles. The van der Waals surface area contributed by atoms with E-state index < -0.39 is 0 Å². The van der Waals surface area contributed by atoms with Crippen molar-refractivity contribution < 1.29 is 4.74 Å². The van der Waals surface area contributed by atoms with E-state index >= 15 is 0 Å². The average molecular weight is 268 g/mol. The van der Waals surface area contributed by atoms with Crippen molar-refractivity contribution in [3.63, 3.8) is 0 Å². The number of rotatable bonds is 5. The highest BCUT2D eigenvalue weighted by Gasteiger charge is 2.66. The third-order valence-electron chi connectivity index (χ3n) is 5.97. The summed E-state index contributed by atoms with van der Waals surface area (Å²) in [6.45, 7) is 11.0. The first kappa shape index (κ1) is 15.3. The molecule has 1 aliphatic carbocycles. The maximum Gasteiger partial charge on any atom is 0.0690 e. The van der Waals surface area contributed by atoms with Gasteiger partial charge in [-0.3, -0.25) is 0 Å². The fraction of sp³-hybridized carbons (Fsp3) is 1.00. The number of nitrogens with two attached hydrogens (primary N) is 1. The minimum Gasteiger partial charge on any atom is -0.377 e. The molecule has 3 atom stereocenters. The molecule has 2 aliphatic rings. The Morgan fingerprint density at radius 3 is 2.53 bits per heavy atom. The summed E-state index contributed by atoms with van der Waals surface area (Å²) in [6.07, 6.45) is 5.19. The molecular weight excluding hydrogens is 236 g/mol. The highest BCUT2D eigenvalue weighted by Crippen LogP contribution is 2.57. The lowest BCUT2D eigenvalue weighted by atomic mass is 9.46. The van der Waals surface area contributed by atoms with Crippen LogP contribution in [0.15, 0.2) is 0 Å². The van der Waals surface area contributed by atoms with Crippen LogP contribution in [0.3, 0.4) is 0 Å². The normalized spacial score (nSPS) is 37.3. The maximum absolute atomic E-state index is 6.86. The van der Waals surface area contributed by atoms with Gasteiger partial charge < -0.3 is 15.4 Å². The van der Waals surface area contributed by atoms with E-state index in [4.69, 9.17) is 10.5 Å². The number of ether oxygens (including phenoxy) is 1. The molecule has 112 valence electrons. The quantitative estimate of drug-likeness (QED) is 0.833. The summed E-state index contributed by atoms with van der Waals surface area (Å²) in [5.41, 5.74) is 6.87. The summed E-state index contributed by atoms with van der Waals surface area (Å²) in [4.78, 5) is 2.48. The molecule has 0 aromatic carbocycles. The van der Waals surface area contributed by atoms with Gasteiger partial charge in [0.15, 0.2) is 0 Å². The van der Waals surface area contributed by atoms with Gasteiger partial charge in [-0.05, 0) is 32.7 Å². The van der Waals surface area contributed by atoms with E-state index in [1.54, 1.807) is 0 Å². The Hall–Kier alpha value is -0.120. The van der Waals surface area contributed by atoms with E-state index in [9.17, 15) is 0 Å². The molecule has 0 aromatic heterocycles. The molecule has 1 saturated carbocycles. The molecule has 3 nitrogen and oxygen atoms in total. The van der Waals surface area contributed by atoms with Crippen molar-refractivity contribution in [3.05, 3.63) is 0 Å². The Labute approximate surface area is 118 Å². The van der Waals surface area contributed by atoms with Crippen LogP contribution < -0.4 is 5.73 Å². The molecule has 1 saturated heterocycles. The van der Waals surface area contributed by atoms with Gasteiger partial charge in [0.25, 0.3) is 0 Å². The van der Waals surface area contributed by atoms with Gasteiger partial charge >= 0.3 is 0 Å². The SMILES string of the molecule is CCC(CC)N(C)CC1(N)C2CCCOC2C1(C)C. The molecular formula is C16H32N2O. The lowest BCUT2D eigenvalue weighted by molar-refractivity contribution is -0.232. The molecule has 2 rings (SSSR count). The van der Waals surface area contributed by atoms with Crippen LogP contribution in [-0.4, -0.2) is 42.8 Å². The minimum absolute atomic E-state index is 0.0879. The van der Waals surface area contributed by atoms with Crippen LogP contribution in [0, 0.1) is 11.3 Å². The Balaban J connectivity index is 2.09. The Morgan fingerprint density at radius 2 is 1.95 bits per heavy atom. The van der Waals surface area contributed by atoms with Crippen molar-refractivity contribution in [2.75, 3.05) is 20.2 Å². The molecule has 1 heterocycles. The molecule has 0 aromatic rings. The first-order chi connectivity index (χ1) is 8.88. The van der Waals surface area contributed by atoms with Gasteiger partial charge in [0.2, 0.25) is 0 Å². The van der Waals surface area contributed by atoms with Crippen LogP contribution in [0.1, 0.15) is 53.4 Å². The van der Waals surface area contributed by atoms with Crippen molar-refractivity contribution in [2.45, 2.75) is 71.1 Å². The fourth-order valence-corrected chi connectivity index (χ4v) is 4.44. The zero-order chi connectivity index (χ0) is 14.3. The smallest absolute Gasteiger partial charge is 0.0690 e. The third kappa shape index (κ3) is 2.24. The molecule has 2 fully saturated rings. The predicted molar refractivity (Wildman–Crippen MR) is 80.2 cm³/mol. The van der Waals surface area contributed by atoms with E-state index in [0.29, 0.717) is 18.1 Å². The van der Waals surface area contributed by atoms with Crippen molar-refractivity contribution in [1.29, 1.82) is 0 Å². The number of hydrogen-bond donors (Lipinski definition) is 1. The Bertz CT molecular complexity index is 314. The monoisotopic (exact) mass is 268 g/mol. The Morgan fingerprint density at radius 1 is 1.32 bits per heavy atom. The van der Waals surface area contributed by atoms with E-state index in [-0.39, 0.29) is 11.0 Å². The molecule has 3 heteroatoms. The van der Waals surface area contributed by atoms with Crippen molar-refractivity contribution in [2.24, 2.45) is 17.1 Å². The van der Waals surface area contributed by atoms with Crippen LogP contribution in [0.2, 0.25) is 0 Å². The van der Waals surface area contributed by atoms with Gasteiger partial charge in [-0.25, -0.2) is 0 Å². The number of hydrogen-bond acceptors (Lipinski definition) is 3. The lowest BCUT2D eigenvalue weighted by Gasteiger charge is -2.67. The van der Waals surface area contributed by atoms with Crippen LogP contribution in [0.4, 0.5) is 0 Å². The first-order valence-corrected chi connectivity index (χ1v) is 7.99. The summed E-state index contributed by atoms with van der Waals surface area (Å²) in [5, 5.41) is 0. The van der Waals surface area contributed by atoms with Gasteiger partial charge in [-0.1, -0.05) is 27.7 Å². The molecule has 0 spiro atoms. The predicted octanol–water partition coefficient (Wildman–Crippen LogP) is 2.64. The second-order valence-corrected chi connectivity index (χ2v) is 7.19. The third-order valence-corrected chi connectivity index (χ3v) is 5.97. The van der Waals surface area contributed by atoms with Crippen LogP contribution in [0.5, 0.6) is 0 Å². The Kier molecular flexibility index (Phi) is 4.29. The standard InChI is InChI=1S/C16H32N2O/c1-6-12(7-2)18(5)11-16(17)13-9-8-10-19-14(13)15(16,3)4/h12-14H,6-11,17H2,1-5H3. The van der Waals surface area contributed by atoms with Crippen LogP contribution in [-0.2, 0) is 4.74 Å². The zero-order valence-corrected chi connectivity index (χ0v) is 13.4. The van der Waals surface area contributed by atoms with Gasteiger partial charge in [-0.15, -0.1) is 0 Å². The summed E-state index contributed by atoms with van der Waals surface area (Å²) in [6, 6.07) is 0.653. The van der Waals surface area contributed by atoms with Gasteiger partial charge in [0.05, 0.1) is 6.10 Å². The second kappa shape index (κ2) is 5.34. The van der Waals surface area contributed by atoms with E-state index in [0.717, 1.165) is 13.2 Å². The van der Waals surface area contributed by atoms with E-state index in [1.807, 2.05) is 0 Å². The average Bonchev–Trinajstić information content (AvgIpc) is 2.40. The molecule has 0 bridgehead atoms. The number of fused-ring (bicyclic) bond motifs is 1. The minimum atomic E-state index is -0.0879. The highest BCUT2D eigenvalue weighted by atomic mass is 16.5. The topological polar surface area (TPSA) is 38.5 Å². The maximum atomic E-state index is 6.86. The van der Waals surface area contributed by atoms with E-state index in [2.05, 4.69) is 39.6 Å². The fourth-order valence-electron chi connectivity index (χ4n) is 4.44. The lowest BCUT2D eigenvalue weighted by Crippen LogP contribution is -2.80. The van der Waals surface area contributed by atoms with Crippen molar-refractivity contribution in [1.82, 2.24) is 4.90 Å². The number of likely N-dealkylation sites (N-methyl/N-ethyl adjacent to an activating group) is 1.